The molecule has 2 aromatic rings. The van der Waals surface area contributed by atoms with Crippen LogP contribution in [0.25, 0.3) is 11.1 Å². The second-order valence-corrected chi connectivity index (χ2v) is 6.45. The predicted molar refractivity (Wildman–Crippen MR) is 99.6 cm³/mol. The first-order chi connectivity index (χ1) is 12.7. The van der Waals surface area contributed by atoms with E-state index in [0.717, 1.165) is 36.8 Å². The SMILES string of the molecule is NNC(=O)c1cccc(-c2cccc(OC(=O)NC3CCCCC3)c2)c1. The molecule has 6 nitrogen and oxygen atoms in total. The topological polar surface area (TPSA) is 93.4 Å². The fourth-order valence-corrected chi connectivity index (χ4v) is 3.21. The van der Waals surface area contributed by atoms with E-state index in [1.54, 1.807) is 30.3 Å². The molecule has 0 spiro atoms. The average molecular weight is 353 g/mol. The summed E-state index contributed by atoms with van der Waals surface area (Å²) in [6.45, 7) is 0. The Kier molecular flexibility index (Phi) is 5.86. The van der Waals surface area contributed by atoms with E-state index < -0.39 is 6.09 Å². The van der Waals surface area contributed by atoms with Crippen LogP contribution in [0.3, 0.4) is 0 Å². The third-order valence-corrected chi connectivity index (χ3v) is 4.56. The maximum atomic E-state index is 12.1. The lowest BCUT2D eigenvalue weighted by molar-refractivity contribution is 0.0953. The predicted octanol–water partition coefficient (Wildman–Crippen LogP) is 3.38. The number of hydrogen-bond donors (Lipinski definition) is 3. The zero-order valence-electron chi connectivity index (χ0n) is 14.5. The first-order valence-electron chi connectivity index (χ1n) is 8.85. The van der Waals surface area contributed by atoms with E-state index in [9.17, 15) is 9.59 Å². The number of hydrogen-bond acceptors (Lipinski definition) is 4. The van der Waals surface area contributed by atoms with Crippen molar-refractivity contribution in [2.24, 2.45) is 5.84 Å². The molecule has 0 radical (unpaired) electrons. The Bertz CT molecular complexity index is 785. The highest BCUT2D eigenvalue weighted by Crippen LogP contribution is 2.25. The fourth-order valence-electron chi connectivity index (χ4n) is 3.21. The molecule has 1 saturated carbocycles. The lowest BCUT2D eigenvalue weighted by Gasteiger charge is -2.22. The normalized spacial score (nSPS) is 14.5. The Balaban J connectivity index is 1.70. The zero-order valence-corrected chi connectivity index (χ0v) is 14.5. The molecular weight excluding hydrogens is 330 g/mol. The molecule has 0 atom stereocenters. The number of hydrazine groups is 1. The smallest absolute Gasteiger partial charge is 0.410 e. The third kappa shape index (κ3) is 4.61. The molecule has 1 aliphatic rings. The number of amides is 2. The third-order valence-electron chi connectivity index (χ3n) is 4.56. The molecule has 0 bridgehead atoms. The van der Waals surface area contributed by atoms with Crippen LogP contribution in [-0.2, 0) is 0 Å². The van der Waals surface area contributed by atoms with Gasteiger partial charge in [0.1, 0.15) is 5.75 Å². The van der Waals surface area contributed by atoms with Gasteiger partial charge < -0.3 is 10.1 Å². The van der Waals surface area contributed by atoms with Gasteiger partial charge in [-0.3, -0.25) is 10.2 Å². The van der Waals surface area contributed by atoms with Crippen LogP contribution >= 0.6 is 0 Å². The van der Waals surface area contributed by atoms with Crippen molar-refractivity contribution in [1.29, 1.82) is 0 Å². The van der Waals surface area contributed by atoms with E-state index in [0.29, 0.717) is 11.3 Å². The summed E-state index contributed by atoms with van der Waals surface area (Å²) in [6.07, 6.45) is 5.11. The first-order valence-corrected chi connectivity index (χ1v) is 8.85. The number of carbonyl (C=O) groups is 2. The van der Waals surface area contributed by atoms with Crippen molar-refractivity contribution >= 4 is 12.0 Å². The van der Waals surface area contributed by atoms with Crippen molar-refractivity contribution < 1.29 is 14.3 Å². The molecular formula is C20H23N3O3. The van der Waals surface area contributed by atoms with Gasteiger partial charge in [-0.1, -0.05) is 43.5 Å². The number of carbonyl (C=O) groups excluding carboxylic acids is 2. The van der Waals surface area contributed by atoms with Crippen molar-refractivity contribution in [2.45, 2.75) is 38.1 Å². The number of ether oxygens (including phenoxy) is 1. The Morgan fingerprint density at radius 3 is 2.38 bits per heavy atom. The molecule has 1 fully saturated rings. The van der Waals surface area contributed by atoms with E-state index in [1.807, 2.05) is 18.2 Å². The Morgan fingerprint density at radius 2 is 1.65 bits per heavy atom. The number of rotatable bonds is 4. The summed E-state index contributed by atoms with van der Waals surface area (Å²) < 4.78 is 5.43. The van der Waals surface area contributed by atoms with Gasteiger partial charge in [-0.2, -0.15) is 0 Å². The van der Waals surface area contributed by atoms with E-state index >= 15 is 0 Å². The van der Waals surface area contributed by atoms with E-state index in [1.165, 1.54) is 6.42 Å². The molecule has 0 aromatic heterocycles. The fraction of sp³-hybridized carbons (Fsp3) is 0.300. The van der Waals surface area contributed by atoms with Gasteiger partial charge in [0.25, 0.3) is 5.91 Å². The van der Waals surface area contributed by atoms with Gasteiger partial charge in [0.15, 0.2) is 0 Å². The summed E-state index contributed by atoms with van der Waals surface area (Å²) >= 11 is 0. The number of nitrogen functional groups attached to an aromatic ring is 1. The summed E-state index contributed by atoms with van der Waals surface area (Å²) in [4.78, 5) is 23.8. The number of nitrogens with two attached hydrogens (primary N) is 1. The lowest BCUT2D eigenvalue weighted by atomic mass is 9.96. The Morgan fingerprint density at radius 1 is 0.962 bits per heavy atom. The molecule has 3 rings (SSSR count). The summed E-state index contributed by atoms with van der Waals surface area (Å²) in [7, 11) is 0. The van der Waals surface area contributed by atoms with Crippen LogP contribution in [0.4, 0.5) is 4.79 Å². The highest BCUT2D eigenvalue weighted by atomic mass is 16.6. The summed E-state index contributed by atoms with van der Waals surface area (Å²) in [5.41, 5.74) is 4.27. The van der Waals surface area contributed by atoms with Crippen LogP contribution < -0.4 is 21.3 Å². The first kappa shape index (κ1) is 17.9. The molecule has 2 aromatic carbocycles. The van der Waals surface area contributed by atoms with Gasteiger partial charge in [-0.25, -0.2) is 10.6 Å². The minimum atomic E-state index is -0.426. The van der Waals surface area contributed by atoms with Crippen LogP contribution in [0, 0.1) is 0 Å². The van der Waals surface area contributed by atoms with Crippen molar-refractivity contribution in [3.05, 3.63) is 54.1 Å². The van der Waals surface area contributed by atoms with Crippen LogP contribution in [0.1, 0.15) is 42.5 Å². The minimum absolute atomic E-state index is 0.200. The van der Waals surface area contributed by atoms with Gasteiger partial charge in [-0.15, -0.1) is 0 Å². The highest BCUT2D eigenvalue weighted by molar-refractivity contribution is 5.95. The second kappa shape index (κ2) is 8.49. The quantitative estimate of drug-likeness (QED) is 0.446. The van der Waals surface area contributed by atoms with Crippen LogP contribution in [-0.4, -0.2) is 18.0 Å². The van der Waals surface area contributed by atoms with E-state index in [4.69, 9.17) is 10.6 Å². The van der Waals surface area contributed by atoms with Gasteiger partial charge in [0.05, 0.1) is 0 Å². The summed E-state index contributed by atoms with van der Waals surface area (Å²) in [5, 5.41) is 2.93. The van der Waals surface area contributed by atoms with Crippen LogP contribution in [0.15, 0.2) is 48.5 Å². The second-order valence-electron chi connectivity index (χ2n) is 6.45. The molecule has 0 unspecified atom stereocenters. The largest absolute Gasteiger partial charge is 0.412 e. The van der Waals surface area contributed by atoms with Crippen LogP contribution in [0.2, 0.25) is 0 Å². The molecule has 1 aliphatic carbocycles. The van der Waals surface area contributed by atoms with Crippen molar-refractivity contribution in [3.63, 3.8) is 0 Å². The van der Waals surface area contributed by atoms with Crippen molar-refractivity contribution in [3.8, 4) is 16.9 Å². The minimum Gasteiger partial charge on any atom is -0.410 e. The molecule has 2 amide bonds. The van der Waals surface area contributed by atoms with Crippen LogP contribution in [0.5, 0.6) is 5.75 Å². The lowest BCUT2D eigenvalue weighted by Crippen LogP contribution is -2.37. The standard InChI is InChI=1S/C20H23N3O3/c21-23-19(24)16-8-4-6-14(12-16)15-7-5-11-18(13-15)26-20(25)22-17-9-2-1-3-10-17/h4-8,11-13,17H,1-3,9-10,21H2,(H,22,25)(H,23,24). The summed E-state index contributed by atoms with van der Waals surface area (Å²) in [6, 6.07) is 14.5. The number of nitrogens with one attached hydrogen (secondary N) is 2. The maximum Gasteiger partial charge on any atom is 0.412 e. The highest BCUT2D eigenvalue weighted by Gasteiger charge is 2.17. The van der Waals surface area contributed by atoms with E-state index in [2.05, 4.69) is 10.7 Å². The molecule has 6 heteroatoms. The van der Waals surface area contributed by atoms with Gasteiger partial charge in [0, 0.05) is 11.6 Å². The average Bonchev–Trinajstić information content (AvgIpc) is 2.68. The molecule has 0 aliphatic heterocycles. The number of benzene rings is 2. The van der Waals surface area contributed by atoms with E-state index in [-0.39, 0.29) is 11.9 Å². The van der Waals surface area contributed by atoms with Gasteiger partial charge >= 0.3 is 6.09 Å². The molecule has 26 heavy (non-hydrogen) atoms. The summed E-state index contributed by atoms with van der Waals surface area (Å²) in [5.74, 6) is 5.29. The van der Waals surface area contributed by atoms with Gasteiger partial charge in [-0.05, 0) is 48.2 Å². The van der Waals surface area contributed by atoms with Gasteiger partial charge in [0.2, 0.25) is 0 Å². The molecule has 4 N–H and O–H groups in total. The Labute approximate surface area is 152 Å². The zero-order chi connectivity index (χ0) is 18.4. The molecule has 136 valence electrons. The van der Waals surface area contributed by atoms with Crippen molar-refractivity contribution in [2.75, 3.05) is 0 Å². The maximum absolute atomic E-state index is 12.1. The van der Waals surface area contributed by atoms with Crippen molar-refractivity contribution in [1.82, 2.24) is 10.7 Å². The molecule has 0 heterocycles. The molecule has 0 saturated heterocycles. The Hall–Kier alpha value is -2.86. The monoisotopic (exact) mass is 353 g/mol.